The molecule has 5 rings (SSSR count). The Kier molecular flexibility index (Phi) is 6.97. The summed E-state index contributed by atoms with van der Waals surface area (Å²) >= 11 is 0. The number of hydrogen-bond acceptors (Lipinski definition) is 7. The number of benzene rings is 1. The second-order valence-electron chi connectivity index (χ2n) is 9.76. The largest absolute Gasteiger partial charge is 0.367 e. The average Bonchev–Trinajstić information content (AvgIpc) is 3.40. The van der Waals surface area contributed by atoms with Crippen LogP contribution in [0.1, 0.15) is 31.2 Å². The van der Waals surface area contributed by atoms with Crippen molar-refractivity contribution >= 4 is 40.1 Å². The molecule has 1 aliphatic heterocycles. The molecule has 0 unspecified atom stereocenters. The lowest BCUT2D eigenvalue weighted by atomic mass is 10.2. The third-order valence-corrected chi connectivity index (χ3v) is 7.17. The number of carbonyl (C=O) groups is 1. The molecular weight excluding hydrogens is 468 g/mol. The fourth-order valence-electron chi connectivity index (χ4n) is 4.98. The monoisotopic (exact) mass is 500 g/mol. The van der Waals surface area contributed by atoms with E-state index in [0.717, 1.165) is 57.5 Å². The van der Waals surface area contributed by atoms with Crippen LogP contribution in [-0.2, 0) is 7.05 Å². The van der Waals surface area contributed by atoms with Gasteiger partial charge in [-0.3, -0.25) is 9.36 Å². The molecule has 10 nitrogen and oxygen atoms in total. The number of anilines is 4. The first kappa shape index (κ1) is 24.6. The van der Waals surface area contributed by atoms with Crippen LogP contribution in [0, 0.1) is 12.3 Å². The first-order chi connectivity index (χ1) is 17.9. The number of aromatic nitrogens is 3. The van der Waals surface area contributed by atoms with Crippen LogP contribution in [0.3, 0.4) is 0 Å². The van der Waals surface area contributed by atoms with E-state index in [2.05, 4.69) is 48.7 Å². The van der Waals surface area contributed by atoms with Crippen LogP contribution in [0.4, 0.5) is 27.8 Å². The lowest BCUT2D eigenvalue weighted by molar-refractivity contribution is 0.248. The number of aryl methyl sites for hydroxylation is 1. The number of piperazine rings is 1. The zero-order valence-electron chi connectivity index (χ0n) is 21.3. The summed E-state index contributed by atoms with van der Waals surface area (Å²) in [7, 11) is 3.77. The Balaban J connectivity index is 1.43. The topological polar surface area (TPSA) is 107 Å². The molecule has 37 heavy (non-hydrogen) atoms. The van der Waals surface area contributed by atoms with Gasteiger partial charge in [-0.15, -0.1) is 6.42 Å². The summed E-state index contributed by atoms with van der Waals surface area (Å²) in [4.78, 5) is 38.7. The second-order valence-corrected chi connectivity index (χ2v) is 9.76. The highest BCUT2D eigenvalue weighted by Gasteiger charge is 2.21. The number of likely N-dealkylation sites (N-methyl/N-ethyl adjacent to an activating group) is 1. The second kappa shape index (κ2) is 10.5. The van der Waals surface area contributed by atoms with Crippen molar-refractivity contribution in [2.75, 3.05) is 48.8 Å². The molecule has 10 heteroatoms. The van der Waals surface area contributed by atoms with Gasteiger partial charge in [-0.25, -0.2) is 9.78 Å². The Morgan fingerprint density at radius 3 is 2.59 bits per heavy atom. The maximum atomic E-state index is 12.9. The van der Waals surface area contributed by atoms with Gasteiger partial charge < -0.3 is 25.8 Å². The van der Waals surface area contributed by atoms with E-state index in [1.54, 1.807) is 13.2 Å². The molecule has 1 aliphatic carbocycles. The molecule has 3 heterocycles. The highest BCUT2D eigenvalue weighted by Crippen LogP contribution is 2.31. The average molecular weight is 501 g/mol. The summed E-state index contributed by atoms with van der Waals surface area (Å²) in [5, 5.41) is 10.0. The van der Waals surface area contributed by atoms with Gasteiger partial charge >= 0.3 is 6.03 Å². The van der Waals surface area contributed by atoms with Crippen LogP contribution in [0.25, 0.3) is 11.0 Å². The van der Waals surface area contributed by atoms with Crippen LogP contribution in [0.5, 0.6) is 0 Å². The van der Waals surface area contributed by atoms with Crippen molar-refractivity contribution < 1.29 is 4.79 Å². The molecule has 3 aromatic rings. The summed E-state index contributed by atoms with van der Waals surface area (Å²) in [5.41, 5.74) is 3.07. The van der Waals surface area contributed by atoms with Crippen molar-refractivity contribution in [1.82, 2.24) is 24.8 Å². The maximum Gasteiger partial charge on any atom is 0.319 e. The summed E-state index contributed by atoms with van der Waals surface area (Å²) in [6.45, 7) is 3.66. The minimum atomic E-state index is -0.235. The van der Waals surface area contributed by atoms with Gasteiger partial charge in [-0.2, -0.15) is 4.98 Å². The maximum absolute atomic E-state index is 12.9. The Labute approximate surface area is 216 Å². The van der Waals surface area contributed by atoms with E-state index in [0.29, 0.717) is 33.9 Å². The van der Waals surface area contributed by atoms with Gasteiger partial charge in [-0.05, 0) is 38.1 Å². The molecule has 1 saturated heterocycles. The number of rotatable bonds is 5. The number of hydrogen-bond donors (Lipinski definition) is 3. The molecule has 3 N–H and O–H groups in total. The van der Waals surface area contributed by atoms with E-state index < -0.39 is 0 Å². The molecule has 2 fully saturated rings. The lowest BCUT2D eigenvalue weighted by Gasteiger charge is -2.35. The third kappa shape index (κ3) is 5.37. The molecular formula is C27H32N8O2. The predicted molar refractivity (Wildman–Crippen MR) is 147 cm³/mol. The van der Waals surface area contributed by atoms with Gasteiger partial charge in [0.2, 0.25) is 5.95 Å². The predicted octanol–water partition coefficient (Wildman–Crippen LogP) is 2.87. The minimum absolute atomic E-state index is 0.196. The van der Waals surface area contributed by atoms with E-state index in [9.17, 15) is 9.59 Å². The van der Waals surface area contributed by atoms with Gasteiger partial charge in [0.15, 0.2) is 0 Å². The highest BCUT2D eigenvalue weighted by molar-refractivity contribution is 5.94. The van der Waals surface area contributed by atoms with E-state index in [1.165, 1.54) is 10.6 Å². The van der Waals surface area contributed by atoms with E-state index in [4.69, 9.17) is 6.42 Å². The van der Waals surface area contributed by atoms with Crippen LogP contribution >= 0.6 is 0 Å². The molecule has 2 aliphatic rings. The van der Waals surface area contributed by atoms with Crippen LogP contribution in [-0.4, -0.2) is 64.7 Å². The number of nitrogens with one attached hydrogen (secondary N) is 3. The van der Waals surface area contributed by atoms with Crippen LogP contribution in [0.15, 0.2) is 35.3 Å². The quantitative estimate of drug-likeness (QED) is 0.463. The SMILES string of the molecule is C#Cc1cc(=O)n(C)c2nc(Nc3ccc(N4CCN(C)CC4)c(NC(=O)NC4CCCC4)c3)ncc12. The molecule has 0 atom stereocenters. The number of fused-ring (bicyclic) bond motifs is 1. The molecule has 2 amide bonds. The van der Waals surface area contributed by atoms with Crippen molar-refractivity contribution in [3.8, 4) is 12.3 Å². The van der Waals surface area contributed by atoms with Crippen molar-refractivity contribution in [3.05, 3.63) is 46.4 Å². The number of pyridine rings is 1. The van der Waals surface area contributed by atoms with E-state index >= 15 is 0 Å². The van der Waals surface area contributed by atoms with Gasteiger partial charge in [0, 0.05) is 62.8 Å². The summed E-state index contributed by atoms with van der Waals surface area (Å²) in [5.74, 6) is 2.86. The van der Waals surface area contributed by atoms with Gasteiger partial charge in [0.25, 0.3) is 5.56 Å². The van der Waals surface area contributed by atoms with Gasteiger partial charge in [0.1, 0.15) is 5.65 Å². The smallest absolute Gasteiger partial charge is 0.319 e. The normalized spacial score (nSPS) is 16.5. The molecule has 1 saturated carbocycles. The molecule has 0 radical (unpaired) electrons. The number of terminal acetylenes is 1. The van der Waals surface area contributed by atoms with Crippen LogP contribution < -0.4 is 26.4 Å². The fourth-order valence-corrected chi connectivity index (χ4v) is 4.98. The highest BCUT2D eigenvalue weighted by atomic mass is 16.2. The van der Waals surface area contributed by atoms with Gasteiger partial charge in [0.05, 0.1) is 16.8 Å². The zero-order chi connectivity index (χ0) is 25.9. The third-order valence-electron chi connectivity index (χ3n) is 7.17. The van der Waals surface area contributed by atoms with Crippen molar-refractivity contribution in [1.29, 1.82) is 0 Å². The standard InChI is InChI=1S/C27H32N8O2/c1-4-18-15-24(36)34(3)25-21(18)17-28-26(32-25)29-20-9-10-23(35-13-11-33(2)12-14-35)22(16-20)31-27(37)30-19-7-5-6-8-19/h1,9-10,15-17,19H,5-8,11-14H2,2-3H3,(H,28,29,32)(H2,30,31,37). The lowest BCUT2D eigenvalue weighted by Crippen LogP contribution is -2.45. The Morgan fingerprint density at radius 1 is 1.11 bits per heavy atom. The number of amides is 2. The molecule has 0 spiro atoms. The van der Waals surface area contributed by atoms with Crippen molar-refractivity contribution in [3.63, 3.8) is 0 Å². The Bertz CT molecular complexity index is 1410. The van der Waals surface area contributed by atoms with E-state index in [-0.39, 0.29) is 17.6 Å². The van der Waals surface area contributed by atoms with Gasteiger partial charge in [-0.1, -0.05) is 18.8 Å². The van der Waals surface area contributed by atoms with E-state index in [1.807, 2.05) is 18.2 Å². The molecule has 0 bridgehead atoms. The molecule has 1 aromatic carbocycles. The number of urea groups is 1. The van der Waals surface area contributed by atoms with Crippen LogP contribution in [0.2, 0.25) is 0 Å². The first-order valence-corrected chi connectivity index (χ1v) is 12.7. The molecule has 2 aromatic heterocycles. The minimum Gasteiger partial charge on any atom is -0.367 e. The fraction of sp³-hybridized carbons (Fsp3) is 0.407. The number of nitrogens with zero attached hydrogens (tertiary/aromatic N) is 5. The molecule has 192 valence electrons. The van der Waals surface area contributed by atoms with Crippen molar-refractivity contribution in [2.45, 2.75) is 31.7 Å². The Morgan fingerprint density at radius 2 is 1.86 bits per heavy atom. The number of carbonyl (C=O) groups excluding carboxylic acids is 1. The summed E-state index contributed by atoms with van der Waals surface area (Å²) < 4.78 is 1.44. The first-order valence-electron chi connectivity index (χ1n) is 12.7. The summed E-state index contributed by atoms with van der Waals surface area (Å²) in [6.07, 6.45) is 11.5. The summed E-state index contributed by atoms with van der Waals surface area (Å²) in [6, 6.07) is 7.28. The zero-order valence-corrected chi connectivity index (χ0v) is 21.3. The Hall–Kier alpha value is -4.10. The van der Waals surface area contributed by atoms with Crippen molar-refractivity contribution in [2.24, 2.45) is 7.05 Å².